The standard InChI is InChI=1S/C18H17ClN2OS/c1-3-9-21-15-8-7-14(19)11-16(15)23-18(21)20-17(22)13-6-4-5-12(2)10-13/h4-8,10-11H,3,9H2,1-2H3. The van der Waals surface area contributed by atoms with Crippen LogP contribution in [0, 0.1) is 6.92 Å². The Balaban J connectivity index is 2.14. The number of aromatic nitrogens is 1. The van der Waals surface area contributed by atoms with Crippen LogP contribution in [0.3, 0.4) is 0 Å². The molecule has 0 fully saturated rings. The number of carbonyl (C=O) groups is 1. The van der Waals surface area contributed by atoms with Crippen LogP contribution in [0.1, 0.15) is 29.3 Å². The van der Waals surface area contributed by atoms with E-state index in [2.05, 4.69) is 16.5 Å². The maximum absolute atomic E-state index is 12.5. The van der Waals surface area contributed by atoms with Crippen molar-refractivity contribution in [3.8, 4) is 0 Å². The van der Waals surface area contributed by atoms with Crippen LogP contribution in [0.25, 0.3) is 10.2 Å². The van der Waals surface area contributed by atoms with Gasteiger partial charge in [-0.1, -0.05) is 47.6 Å². The van der Waals surface area contributed by atoms with Crippen LogP contribution >= 0.6 is 22.9 Å². The van der Waals surface area contributed by atoms with E-state index in [1.165, 1.54) is 11.3 Å². The van der Waals surface area contributed by atoms with Gasteiger partial charge >= 0.3 is 0 Å². The molecule has 0 radical (unpaired) electrons. The molecule has 2 aromatic carbocycles. The molecule has 1 amide bonds. The molecule has 0 spiro atoms. The van der Waals surface area contributed by atoms with Gasteiger partial charge in [0.2, 0.25) is 0 Å². The minimum atomic E-state index is -0.212. The fraction of sp³-hybridized carbons (Fsp3) is 0.222. The highest BCUT2D eigenvalue weighted by atomic mass is 35.5. The van der Waals surface area contributed by atoms with Crippen LogP contribution in [0.4, 0.5) is 0 Å². The van der Waals surface area contributed by atoms with Gasteiger partial charge in [-0.15, -0.1) is 0 Å². The van der Waals surface area contributed by atoms with Crippen LogP contribution in [0.15, 0.2) is 47.5 Å². The first-order valence-electron chi connectivity index (χ1n) is 7.53. The Morgan fingerprint density at radius 1 is 1.26 bits per heavy atom. The van der Waals surface area contributed by atoms with Crippen molar-refractivity contribution in [3.63, 3.8) is 0 Å². The summed E-state index contributed by atoms with van der Waals surface area (Å²) in [7, 11) is 0. The maximum atomic E-state index is 12.5. The van der Waals surface area contributed by atoms with E-state index in [9.17, 15) is 4.79 Å². The number of carbonyl (C=O) groups excluding carboxylic acids is 1. The quantitative estimate of drug-likeness (QED) is 0.671. The first kappa shape index (κ1) is 16.0. The fourth-order valence-corrected chi connectivity index (χ4v) is 3.83. The van der Waals surface area contributed by atoms with Gasteiger partial charge in [0.25, 0.3) is 5.91 Å². The van der Waals surface area contributed by atoms with Gasteiger partial charge in [-0.25, -0.2) is 0 Å². The SMILES string of the molecule is CCCn1c(=NC(=O)c2cccc(C)c2)sc2cc(Cl)ccc21. The van der Waals surface area contributed by atoms with Crippen molar-refractivity contribution in [1.29, 1.82) is 0 Å². The second-order valence-corrected chi connectivity index (χ2v) is 6.88. The summed E-state index contributed by atoms with van der Waals surface area (Å²) >= 11 is 7.57. The largest absolute Gasteiger partial charge is 0.316 e. The normalized spacial score (nSPS) is 12.0. The third kappa shape index (κ3) is 3.38. The Morgan fingerprint density at radius 3 is 2.83 bits per heavy atom. The van der Waals surface area contributed by atoms with E-state index in [1.807, 2.05) is 43.3 Å². The van der Waals surface area contributed by atoms with Crippen LogP contribution < -0.4 is 4.80 Å². The fourth-order valence-electron chi connectivity index (χ4n) is 2.50. The molecule has 0 N–H and O–H groups in total. The van der Waals surface area contributed by atoms with Crippen LogP contribution in [0.2, 0.25) is 5.02 Å². The van der Waals surface area contributed by atoms with Gasteiger partial charge in [0.15, 0.2) is 4.80 Å². The molecule has 0 saturated heterocycles. The molecule has 3 aromatic rings. The molecule has 3 rings (SSSR count). The van der Waals surface area contributed by atoms with E-state index in [0.717, 1.165) is 33.5 Å². The lowest BCUT2D eigenvalue weighted by Gasteiger charge is -2.02. The summed E-state index contributed by atoms with van der Waals surface area (Å²) in [4.78, 5) is 17.5. The van der Waals surface area contributed by atoms with E-state index < -0.39 is 0 Å². The molecule has 1 aromatic heterocycles. The molecule has 0 saturated carbocycles. The highest BCUT2D eigenvalue weighted by molar-refractivity contribution is 7.16. The van der Waals surface area contributed by atoms with Crippen molar-refractivity contribution in [2.24, 2.45) is 4.99 Å². The Kier molecular flexibility index (Phi) is 4.64. The predicted molar refractivity (Wildman–Crippen MR) is 96.2 cm³/mol. The van der Waals surface area contributed by atoms with Gasteiger partial charge < -0.3 is 4.57 Å². The maximum Gasteiger partial charge on any atom is 0.279 e. The number of thiazole rings is 1. The number of nitrogens with zero attached hydrogens (tertiary/aromatic N) is 2. The molecule has 0 unspecified atom stereocenters. The predicted octanol–water partition coefficient (Wildman–Crippen LogP) is 4.82. The van der Waals surface area contributed by atoms with Crippen LogP contribution in [-0.2, 0) is 6.54 Å². The Morgan fingerprint density at radius 2 is 2.09 bits per heavy atom. The molecule has 0 aliphatic heterocycles. The molecule has 23 heavy (non-hydrogen) atoms. The minimum Gasteiger partial charge on any atom is -0.316 e. The lowest BCUT2D eigenvalue weighted by atomic mass is 10.1. The third-order valence-corrected chi connectivity index (χ3v) is 4.83. The molecule has 5 heteroatoms. The second-order valence-electron chi connectivity index (χ2n) is 5.43. The number of amides is 1. The zero-order valence-corrected chi connectivity index (χ0v) is 14.6. The monoisotopic (exact) mass is 344 g/mol. The van der Waals surface area contributed by atoms with Crippen molar-refractivity contribution < 1.29 is 4.79 Å². The zero-order valence-electron chi connectivity index (χ0n) is 13.0. The molecule has 0 aliphatic rings. The number of halogens is 1. The number of benzene rings is 2. The Hall–Kier alpha value is -1.91. The van der Waals surface area contributed by atoms with E-state index in [1.54, 1.807) is 6.07 Å². The van der Waals surface area contributed by atoms with Crippen LogP contribution in [0.5, 0.6) is 0 Å². The van der Waals surface area contributed by atoms with Gasteiger partial charge in [0.1, 0.15) is 0 Å². The number of aryl methyl sites for hydroxylation is 2. The summed E-state index contributed by atoms with van der Waals surface area (Å²) in [6.45, 7) is 4.90. The number of fused-ring (bicyclic) bond motifs is 1. The molecule has 0 atom stereocenters. The van der Waals surface area contributed by atoms with Gasteiger partial charge in [-0.3, -0.25) is 4.79 Å². The Bertz CT molecular complexity index is 940. The highest BCUT2D eigenvalue weighted by Gasteiger charge is 2.09. The summed E-state index contributed by atoms with van der Waals surface area (Å²) in [6.07, 6.45) is 0.973. The molecular formula is C18H17ClN2OS. The van der Waals surface area contributed by atoms with E-state index in [-0.39, 0.29) is 5.91 Å². The molecule has 0 aliphatic carbocycles. The highest BCUT2D eigenvalue weighted by Crippen LogP contribution is 2.22. The van der Waals surface area contributed by atoms with Gasteiger partial charge in [-0.2, -0.15) is 4.99 Å². The average Bonchev–Trinajstić information content (AvgIpc) is 2.84. The molecule has 1 heterocycles. The lowest BCUT2D eigenvalue weighted by molar-refractivity contribution is 0.0997. The summed E-state index contributed by atoms with van der Waals surface area (Å²) in [5.74, 6) is -0.212. The Labute approximate surface area is 143 Å². The summed E-state index contributed by atoms with van der Waals surface area (Å²) in [6, 6.07) is 13.3. The first-order valence-corrected chi connectivity index (χ1v) is 8.72. The third-order valence-electron chi connectivity index (χ3n) is 3.55. The van der Waals surface area contributed by atoms with Gasteiger partial charge in [-0.05, 0) is 43.7 Å². The number of rotatable bonds is 3. The second kappa shape index (κ2) is 6.69. The summed E-state index contributed by atoms with van der Waals surface area (Å²) in [5, 5.41) is 0.693. The van der Waals surface area contributed by atoms with Crippen molar-refractivity contribution in [3.05, 3.63) is 63.4 Å². The smallest absolute Gasteiger partial charge is 0.279 e. The first-order chi connectivity index (χ1) is 11.1. The molecule has 3 nitrogen and oxygen atoms in total. The number of hydrogen-bond acceptors (Lipinski definition) is 2. The van der Waals surface area contributed by atoms with Gasteiger partial charge in [0, 0.05) is 17.1 Å². The summed E-state index contributed by atoms with van der Waals surface area (Å²) in [5.41, 5.74) is 2.73. The number of hydrogen-bond donors (Lipinski definition) is 0. The minimum absolute atomic E-state index is 0.212. The van der Waals surface area contributed by atoms with Gasteiger partial charge in [0.05, 0.1) is 10.2 Å². The van der Waals surface area contributed by atoms with E-state index >= 15 is 0 Å². The van der Waals surface area contributed by atoms with E-state index in [0.29, 0.717) is 10.6 Å². The lowest BCUT2D eigenvalue weighted by Crippen LogP contribution is -2.16. The topological polar surface area (TPSA) is 34.4 Å². The molecule has 0 bridgehead atoms. The molecular weight excluding hydrogens is 328 g/mol. The van der Waals surface area contributed by atoms with Crippen molar-refractivity contribution in [2.45, 2.75) is 26.8 Å². The van der Waals surface area contributed by atoms with Crippen molar-refractivity contribution in [1.82, 2.24) is 4.57 Å². The van der Waals surface area contributed by atoms with E-state index in [4.69, 9.17) is 11.6 Å². The van der Waals surface area contributed by atoms with Crippen molar-refractivity contribution in [2.75, 3.05) is 0 Å². The zero-order chi connectivity index (χ0) is 16.4. The van der Waals surface area contributed by atoms with Crippen molar-refractivity contribution >= 4 is 39.1 Å². The molecule has 118 valence electrons. The van der Waals surface area contributed by atoms with Crippen LogP contribution in [-0.4, -0.2) is 10.5 Å². The average molecular weight is 345 g/mol. The summed E-state index contributed by atoms with van der Waals surface area (Å²) < 4.78 is 3.13.